The summed E-state index contributed by atoms with van der Waals surface area (Å²) in [6, 6.07) is 14.5. The fourth-order valence-corrected chi connectivity index (χ4v) is 4.86. The van der Waals surface area contributed by atoms with E-state index in [9.17, 15) is 9.18 Å². The van der Waals surface area contributed by atoms with Crippen molar-refractivity contribution in [3.8, 4) is 5.75 Å². The van der Waals surface area contributed by atoms with Gasteiger partial charge in [0, 0.05) is 32.5 Å². The summed E-state index contributed by atoms with van der Waals surface area (Å²) in [7, 11) is 0. The molecule has 2 aromatic carbocycles. The van der Waals surface area contributed by atoms with Crippen LogP contribution in [0.15, 0.2) is 48.5 Å². The lowest BCUT2D eigenvalue weighted by Gasteiger charge is -2.41. The second-order valence-electron chi connectivity index (χ2n) is 9.69. The Morgan fingerprint density at radius 3 is 2.30 bits per heavy atom. The Morgan fingerprint density at radius 1 is 1.06 bits per heavy atom. The monoisotopic (exact) mass is 454 g/mol. The van der Waals surface area contributed by atoms with E-state index in [-0.39, 0.29) is 18.0 Å². The standard InChI is InChI=1S/C27H35FN2O3/c1-4-29-15-13-27(14-16-29)25(17-21-5-9-23(28)10-6-21)30(26(31)33-27)18-22-7-11-24(12-8-22)32-19-20(2)3/h5-12,20,25H,4,13-19H2,1-3H3. The van der Waals surface area contributed by atoms with Crippen LogP contribution >= 0.6 is 0 Å². The maximum Gasteiger partial charge on any atom is 0.411 e. The van der Waals surface area contributed by atoms with Crippen LogP contribution in [-0.2, 0) is 17.7 Å². The molecule has 1 amide bonds. The minimum absolute atomic E-state index is 0.0914. The summed E-state index contributed by atoms with van der Waals surface area (Å²) >= 11 is 0. The van der Waals surface area contributed by atoms with Gasteiger partial charge in [-0.05, 0) is 54.3 Å². The van der Waals surface area contributed by atoms with E-state index in [0.29, 0.717) is 25.5 Å². The molecule has 1 spiro atoms. The van der Waals surface area contributed by atoms with Gasteiger partial charge in [0.05, 0.1) is 12.6 Å². The summed E-state index contributed by atoms with van der Waals surface area (Å²) in [5.74, 6) is 1.05. The van der Waals surface area contributed by atoms with Crippen LogP contribution in [0, 0.1) is 11.7 Å². The SMILES string of the molecule is CCN1CCC2(CC1)OC(=O)N(Cc1ccc(OCC(C)C)cc1)C2Cc1ccc(F)cc1. The molecule has 33 heavy (non-hydrogen) atoms. The van der Waals surface area contributed by atoms with Crippen LogP contribution in [0.4, 0.5) is 9.18 Å². The molecule has 2 saturated heterocycles. The fourth-order valence-electron chi connectivity index (χ4n) is 4.86. The number of rotatable bonds is 8. The van der Waals surface area contributed by atoms with Gasteiger partial charge in [-0.2, -0.15) is 0 Å². The third-order valence-corrected chi connectivity index (χ3v) is 6.86. The maximum atomic E-state index is 13.5. The number of nitrogens with zero attached hydrogens (tertiary/aromatic N) is 2. The van der Waals surface area contributed by atoms with Crippen LogP contribution in [0.2, 0.25) is 0 Å². The Kier molecular flexibility index (Phi) is 7.23. The number of hydrogen-bond donors (Lipinski definition) is 0. The largest absolute Gasteiger partial charge is 0.493 e. The molecule has 0 aliphatic carbocycles. The van der Waals surface area contributed by atoms with E-state index in [1.165, 1.54) is 12.1 Å². The Balaban J connectivity index is 1.54. The number of piperidine rings is 1. The summed E-state index contributed by atoms with van der Waals surface area (Å²) in [5, 5.41) is 0. The van der Waals surface area contributed by atoms with Crippen LogP contribution < -0.4 is 4.74 Å². The average molecular weight is 455 g/mol. The molecule has 2 fully saturated rings. The van der Waals surface area contributed by atoms with Crippen molar-refractivity contribution in [2.75, 3.05) is 26.2 Å². The number of halogens is 1. The van der Waals surface area contributed by atoms with Gasteiger partial charge in [-0.15, -0.1) is 0 Å². The fraction of sp³-hybridized carbons (Fsp3) is 0.519. The van der Waals surface area contributed by atoms with Gasteiger partial charge in [0.2, 0.25) is 0 Å². The van der Waals surface area contributed by atoms with Crippen molar-refractivity contribution in [1.29, 1.82) is 0 Å². The van der Waals surface area contributed by atoms with Crippen molar-refractivity contribution in [3.63, 3.8) is 0 Å². The molecule has 1 atom stereocenters. The lowest BCUT2D eigenvalue weighted by molar-refractivity contribution is -0.0206. The number of hydrogen-bond acceptors (Lipinski definition) is 4. The summed E-state index contributed by atoms with van der Waals surface area (Å²) in [5.41, 5.74) is 1.55. The van der Waals surface area contributed by atoms with Crippen LogP contribution in [0.25, 0.3) is 0 Å². The lowest BCUT2D eigenvalue weighted by atomic mass is 9.81. The molecule has 0 N–H and O–H groups in total. The van der Waals surface area contributed by atoms with Gasteiger partial charge < -0.3 is 14.4 Å². The molecule has 4 rings (SSSR count). The van der Waals surface area contributed by atoms with Crippen LogP contribution in [-0.4, -0.2) is 53.8 Å². The molecule has 1 unspecified atom stereocenters. The summed E-state index contributed by atoms with van der Waals surface area (Å²) in [4.78, 5) is 17.4. The Labute approximate surface area is 196 Å². The van der Waals surface area contributed by atoms with Gasteiger partial charge in [0.15, 0.2) is 0 Å². The zero-order chi connectivity index (χ0) is 23.4. The van der Waals surface area contributed by atoms with E-state index in [1.807, 2.05) is 41.3 Å². The molecular formula is C27H35FN2O3. The molecule has 5 nitrogen and oxygen atoms in total. The lowest BCUT2D eigenvalue weighted by Crippen LogP contribution is -2.53. The van der Waals surface area contributed by atoms with Crippen molar-refractivity contribution < 1.29 is 18.7 Å². The van der Waals surface area contributed by atoms with Gasteiger partial charge in [0.1, 0.15) is 17.2 Å². The van der Waals surface area contributed by atoms with E-state index in [2.05, 4.69) is 25.7 Å². The first-order valence-corrected chi connectivity index (χ1v) is 12.1. The number of carbonyl (C=O) groups is 1. The van der Waals surface area contributed by atoms with Crippen LogP contribution in [0.3, 0.4) is 0 Å². The molecule has 0 saturated carbocycles. The number of ether oxygens (including phenoxy) is 2. The first-order valence-electron chi connectivity index (χ1n) is 12.1. The summed E-state index contributed by atoms with van der Waals surface area (Å²) in [6.45, 7) is 10.4. The minimum Gasteiger partial charge on any atom is -0.493 e. The molecule has 2 aliphatic heterocycles. The van der Waals surface area contributed by atoms with Gasteiger partial charge in [0.25, 0.3) is 0 Å². The van der Waals surface area contributed by atoms with Crippen molar-refractivity contribution >= 4 is 6.09 Å². The smallest absolute Gasteiger partial charge is 0.411 e. The highest BCUT2D eigenvalue weighted by molar-refractivity contribution is 5.72. The highest BCUT2D eigenvalue weighted by Crippen LogP contribution is 2.41. The van der Waals surface area contributed by atoms with Gasteiger partial charge in [-0.3, -0.25) is 4.90 Å². The zero-order valence-corrected chi connectivity index (χ0v) is 19.9. The molecule has 0 aromatic heterocycles. The molecule has 2 aliphatic rings. The Hall–Kier alpha value is -2.60. The second-order valence-corrected chi connectivity index (χ2v) is 9.69. The topological polar surface area (TPSA) is 42.0 Å². The first kappa shape index (κ1) is 23.6. The molecule has 2 aromatic rings. The quantitative estimate of drug-likeness (QED) is 0.544. The third-order valence-electron chi connectivity index (χ3n) is 6.86. The average Bonchev–Trinajstić information content (AvgIpc) is 3.05. The molecule has 0 bridgehead atoms. The molecule has 2 heterocycles. The van der Waals surface area contributed by atoms with E-state index >= 15 is 0 Å². The Morgan fingerprint density at radius 2 is 1.70 bits per heavy atom. The number of benzene rings is 2. The Bertz CT molecular complexity index is 921. The minimum atomic E-state index is -0.503. The van der Waals surface area contributed by atoms with Gasteiger partial charge in [-0.25, -0.2) is 9.18 Å². The van der Waals surface area contributed by atoms with Crippen molar-refractivity contribution in [2.45, 2.75) is 58.2 Å². The van der Waals surface area contributed by atoms with Crippen molar-refractivity contribution in [3.05, 3.63) is 65.5 Å². The number of likely N-dealkylation sites (tertiary alicyclic amines) is 1. The predicted octanol–water partition coefficient (Wildman–Crippen LogP) is 5.28. The molecule has 6 heteroatoms. The summed E-state index contributed by atoms with van der Waals surface area (Å²) < 4.78 is 25.4. The normalized spacial score (nSPS) is 20.5. The molecule has 178 valence electrons. The number of carbonyl (C=O) groups excluding carboxylic acids is 1. The first-order chi connectivity index (χ1) is 15.9. The second kappa shape index (κ2) is 10.1. The van der Waals surface area contributed by atoms with E-state index in [0.717, 1.165) is 49.4 Å². The van der Waals surface area contributed by atoms with Crippen LogP contribution in [0.1, 0.15) is 44.7 Å². The molecule has 0 radical (unpaired) electrons. The van der Waals surface area contributed by atoms with E-state index in [1.54, 1.807) is 0 Å². The highest BCUT2D eigenvalue weighted by atomic mass is 19.1. The maximum absolute atomic E-state index is 13.5. The van der Waals surface area contributed by atoms with E-state index in [4.69, 9.17) is 9.47 Å². The highest BCUT2D eigenvalue weighted by Gasteiger charge is 2.54. The van der Waals surface area contributed by atoms with E-state index < -0.39 is 5.60 Å². The number of amides is 1. The van der Waals surface area contributed by atoms with Crippen LogP contribution in [0.5, 0.6) is 5.75 Å². The summed E-state index contributed by atoms with van der Waals surface area (Å²) in [6.07, 6.45) is 2.02. The van der Waals surface area contributed by atoms with Crippen molar-refractivity contribution in [1.82, 2.24) is 9.80 Å². The van der Waals surface area contributed by atoms with Gasteiger partial charge >= 0.3 is 6.09 Å². The third kappa shape index (κ3) is 5.49. The predicted molar refractivity (Wildman–Crippen MR) is 127 cm³/mol. The van der Waals surface area contributed by atoms with Gasteiger partial charge in [-0.1, -0.05) is 45.0 Å². The zero-order valence-electron chi connectivity index (χ0n) is 19.9. The van der Waals surface area contributed by atoms with Crippen molar-refractivity contribution in [2.24, 2.45) is 5.92 Å². The molecular weight excluding hydrogens is 419 g/mol.